The minimum Gasteiger partial charge on any atom is -0.322 e. The lowest BCUT2D eigenvalue weighted by Gasteiger charge is -2.03. The molecule has 1 aromatic carbocycles. The molecule has 0 saturated heterocycles. The summed E-state index contributed by atoms with van der Waals surface area (Å²) in [5.74, 6) is 0. The first-order valence-corrected chi connectivity index (χ1v) is 5.62. The minimum atomic E-state index is -0.0977. The van der Waals surface area contributed by atoms with E-state index in [9.17, 15) is 4.79 Å². The fraction of sp³-hybridized carbons (Fsp3) is 0. The topological polar surface area (TPSA) is 61.5 Å². The van der Waals surface area contributed by atoms with E-state index in [1.165, 1.54) is 6.07 Å². The lowest BCUT2D eigenvalue weighted by atomic mass is 10.1. The van der Waals surface area contributed by atoms with Crippen molar-refractivity contribution in [3.05, 3.63) is 65.1 Å². The summed E-state index contributed by atoms with van der Waals surface area (Å²) in [5, 5.41) is 6.85. The number of nitrogens with one attached hydrogen (secondary N) is 2. The standard InChI is InChI=1S/C14H11N3O/c18-14-6-2-5-12(16-14)10-3-1-4-11(9-10)13-7-8-15-17-13/h1-9H,(H,15,17)(H,16,18). The van der Waals surface area contributed by atoms with Gasteiger partial charge in [-0.25, -0.2) is 0 Å². The SMILES string of the molecule is O=c1cccc(-c2cccc(-c3ccn[nH]3)c2)[nH]1. The molecule has 3 rings (SSSR count). The Kier molecular flexibility index (Phi) is 2.53. The van der Waals surface area contributed by atoms with E-state index < -0.39 is 0 Å². The number of hydrogen-bond donors (Lipinski definition) is 2. The zero-order valence-corrected chi connectivity index (χ0v) is 9.55. The fourth-order valence-corrected chi connectivity index (χ4v) is 1.89. The Hall–Kier alpha value is -2.62. The highest BCUT2D eigenvalue weighted by molar-refractivity contribution is 5.69. The van der Waals surface area contributed by atoms with Crippen LogP contribution in [-0.2, 0) is 0 Å². The monoisotopic (exact) mass is 237 g/mol. The van der Waals surface area contributed by atoms with Gasteiger partial charge in [-0.3, -0.25) is 9.89 Å². The van der Waals surface area contributed by atoms with E-state index in [1.807, 2.05) is 36.4 Å². The van der Waals surface area contributed by atoms with Crippen molar-refractivity contribution >= 4 is 0 Å². The van der Waals surface area contributed by atoms with Crippen molar-refractivity contribution in [3.63, 3.8) is 0 Å². The zero-order chi connectivity index (χ0) is 12.4. The molecule has 2 N–H and O–H groups in total. The van der Waals surface area contributed by atoms with Gasteiger partial charge in [0.2, 0.25) is 5.56 Å². The molecule has 0 bridgehead atoms. The highest BCUT2D eigenvalue weighted by Gasteiger charge is 2.02. The van der Waals surface area contributed by atoms with Crippen molar-refractivity contribution in [2.45, 2.75) is 0 Å². The van der Waals surface area contributed by atoms with Crippen LogP contribution in [0.2, 0.25) is 0 Å². The molecule has 18 heavy (non-hydrogen) atoms. The van der Waals surface area contributed by atoms with Crippen molar-refractivity contribution in [1.82, 2.24) is 15.2 Å². The molecule has 0 aliphatic heterocycles. The highest BCUT2D eigenvalue weighted by atomic mass is 16.1. The van der Waals surface area contributed by atoms with Crippen LogP contribution in [0.3, 0.4) is 0 Å². The number of rotatable bonds is 2. The molecule has 2 aromatic heterocycles. The summed E-state index contributed by atoms with van der Waals surface area (Å²) >= 11 is 0. The van der Waals surface area contributed by atoms with Gasteiger partial charge in [0, 0.05) is 23.5 Å². The molecule has 0 radical (unpaired) electrons. The number of benzene rings is 1. The van der Waals surface area contributed by atoms with Crippen LogP contribution in [0.25, 0.3) is 22.5 Å². The van der Waals surface area contributed by atoms with E-state index in [-0.39, 0.29) is 5.56 Å². The van der Waals surface area contributed by atoms with Gasteiger partial charge in [-0.15, -0.1) is 0 Å². The molecule has 4 heteroatoms. The van der Waals surface area contributed by atoms with Crippen molar-refractivity contribution in [3.8, 4) is 22.5 Å². The van der Waals surface area contributed by atoms with Gasteiger partial charge in [0.05, 0.1) is 5.69 Å². The van der Waals surface area contributed by atoms with Crippen LogP contribution < -0.4 is 5.56 Å². The Morgan fingerprint density at radius 3 is 2.39 bits per heavy atom. The number of pyridine rings is 1. The van der Waals surface area contributed by atoms with E-state index in [1.54, 1.807) is 12.3 Å². The molecule has 88 valence electrons. The molecule has 0 spiro atoms. The largest absolute Gasteiger partial charge is 0.322 e. The molecule has 0 aliphatic rings. The molecule has 3 aromatic rings. The van der Waals surface area contributed by atoms with Crippen LogP contribution in [0.1, 0.15) is 0 Å². The summed E-state index contributed by atoms with van der Waals surface area (Å²) in [6.07, 6.45) is 1.71. The Morgan fingerprint density at radius 2 is 1.67 bits per heavy atom. The fourth-order valence-electron chi connectivity index (χ4n) is 1.89. The van der Waals surface area contributed by atoms with Crippen molar-refractivity contribution in [2.24, 2.45) is 0 Å². The summed E-state index contributed by atoms with van der Waals surface area (Å²) in [7, 11) is 0. The third kappa shape index (κ3) is 1.96. The quantitative estimate of drug-likeness (QED) is 0.719. The highest BCUT2D eigenvalue weighted by Crippen LogP contribution is 2.22. The molecule has 2 heterocycles. The maximum Gasteiger partial charge on any atom is 0.248 e. The Labute approximate surface area is 103 Å². The molecular weight excluding hydrogens is 226 g/mol. The van der Waals surface area contributed by atoms with Gasteiger partial charge < -0.3 is 4.98 Å². The van der Waals surface area contributed by atoms with Crippen molar-refractivity contribution < 1.29 is 0 Å². The van der Waals surface area contributed by atoms with Gasteiger partial charge in [-0.1, -0.05) is 24.3 Å². The molecule has 4 nitrogen and oxygen atoms in total. The number of aromatic nitrogens is 3. The van der Waals surface area contributed by atoms with Gasteiger partial charge in [0.25, 0.3) is 0 Å². The van der Waals surface area contributed by atoms with Crippen LogP contribution in [0.4, 0.5) is 0 Å². The van der Waals surface area contributed by atoms with Gasteiger partial charge in [-0.2, -0.15) is 5.10 Å². The summed E-state index contributed by atoms with van der Waals surface area (Å²) in [6.45, 7) is 0. The zero-order valence-electron chi connectivity index (χ0n) is 9.55. The summed E-state index contributed by atoms with van der Waals surface area (Å²) in [4.78, 5) is 14.1. The third-order valence-electron chi connectivity index (χ3n) is 2.75. The number of aromatic amines is 2. The van der Waals surface area contributed by atoms with Crippen LogP contribution in [0.5, 0.6) is 0 Å². The first-order chi connectivity index (χ1) is 8.83. The predicted molar refractivity (Wildman–Crippen MR) is 70.1 cm³/mol. The van der Waals surface area contributed by atoms with Crippen LogP contribution >= 0.6 is 0 Å². The summed E-state index contributed by atoms with van der Waals surface area (Å²) in [5.41, 5.74) is 3.67. The smallest absolute Gasteiger partial charge is 0.248 e. The first kappa shape index (κ1) is 10.5. The molecular formula is C14H11N3O. The Balaban J connectivity index is 2.09. The summed E-state index contributed by atoms with van der Waals surface area (Å²) in [6, 6.07) is 15.0. The molecule has 0 aliphatic carbocycles. The van der Waals surface area contributed by atoms with Gasteiger partial charge in [-0.05, 0) is 23.8 Å². The maximum atomic E-state index is 11.3. The molecule has 0 fully saturated rings. The van der Waals surface area contributed by atoms with Crippen molar-refractivity contribution in [2.75, 3.05) is 0 Å². The molecule has 0 saturated carbocycles. The van der Waals surface area contributed by atoms with Crippen LogP contribution in [0, 0.1) is 0 Å². The van der Waals surface area contributed by atoms with E-state index in [4.69, 9.17) is 0 Å². The van der Waals surface area contributed by atoms with Crippen LogP contribution in [-0.4, -0.2) is 15.2 Å². The van der Waals surface area contributed by atoms with Crippen molar-refractivity contribution in [1.29, 1.82) is 0 Å². The Bertz CT molecular complexity index is 714. The molecule has 0 unspecified atom stereocenters. The first-order valence-electron chi connectivity index (χ1n) is 5.62. The predicted octanol–water partition coefficient (Wildman–Crippen LogP) is 2.43. The number of H-pyrrole nitrogens is 2. The van der Waals surface area contributed by atoms with Gasteiger partial charge in [0.1, 0.15) is 0 Å². The second-order valence-electron chi connectivity index (χ2n) is 3.98. The lowest BCUT2D eigenvalue weighted by molar-refractivity contribution is 1.10. The van der Waals surface area contributed by atoms with E-state index in [2.05, 4.69) is 15.2 Å². The van der Waals surface area contributed by atoms with E-state index in [0.29, 0.717) is 0 Å². The van der Waals surface area contributed by atoms with E-state index >= 15 is 0 Å². The van der Waals surface area contributed by atoms with Gasteiger partial charge in [0.15, 0.2) is 0 Å². The second-order valence-corrected chi connectivity index (χ2v) is 3.98. The maximum absolute atomic E-state index is 11.3. The van der Waals surface area contributed by atoms with Crippen LogP contribution in [0.15, 0.2) is 59.5 Å². The Morgan fingerprint density at radius 1 is 0.889 bits per heavy atom. The lowest BCUT2D eigenvalue weighted by Crippen LogP contribution is -2.03. The number of hydrogen-bond acceptors (Lipinski definition) is 2. The number of nitrogens with zero attached hydrogens (tertiary/aromatic N) is 1. The van der Waals surface area contributed by atoms with Gasteiger partial charge >= 0.3 is 0 Å². The molecule has 0 amide bonds. The summed E-state index contributed by atoms with van der Waals surface area (Å²) < 4.78 is 0. The third-order valence-corrected chi connectivity index (χ3v) is 2.75. The average Bonchev–Trinajstić information content (AvgIpc) is 2.93. The van der Waals surface area contributed by atoms with E-state index in [0.717, 1.165) is 22.5 Å². The minimum absolute atomic E-state index is 0.0977. The molecule has 0 atom stereocenters. The average molecular weight is 237 g/mol. The normalized spacial score (nSPS) is 10.4. The second kappa shape index (κ2) is 4.33.